The maximum Gasteiger partial charge on any atom is 0.175 e. The molecule has 6 heteroatoms. The van der Waals surface area contributed by atoms with E-state index in [1.165, 1.54) is 6.26 Å². The van der Waals surface area contributed by atoms with Crippen molar-refractivity contribution in [2.75, 3.05) is 11.6 Å². The number of benzene rings is 2. The Morgan fingerprint density at radius 1 is 1.14 bits per heavy atom. The molecular weight excluding hydrogens is 304 g/mol. The number of para-hydroxylation sites is 1. The highest BCUT2D eigenvalue weighted by molar-refractivity contribution is 7.90. The Balaban J connectivity index is 2.12. The maximum absolute atomic E-state index is 11.4. The third-order valence-corrected chi connectivity index (χ3v) is 4.38. The maximum atomic E-state index is 11.4. The average Bonchev–Trinajstić information content (AvgIpc) is 2.45. The second kappa shape index (κ2) is 6.24. The van der Waals surface area contributed by atoms with Crippen LogP contribution in [0, 0.1) is 0 Å². The molecule has 0 heterocycles. The van der Waals surface area contributed by atoms with Crippen LogP contribution in [0.3, 0.4) is 0 Å². The molecule has 0 fully saturated rings. The fourth-order valence-corrected chi connectivity index (χ4v) is 2.71. The zero-order valence-corrected chi connectivity index (χ0v) is 13.2. The highest BCUT2D eigenvalue weighted by atomic mass is 32.2. The fourth-order valence-electron chi connectivity index (χ4n) is 1.90. The molecule has 0 atom stereocenters. The molecule has 110 valence electrons. The lowest BCUT2D eigenvalue weighted by atomic mass is 10.1. The number of nitrogens with one attached hydrogen (secondary N) is 1. The lowest BCUT2D eigenvalue weighted by molar-refractivity contribution is 0.602. The number of thiocarbonyl (C=S) groups is 1. The molecule has 0 saturated heterocycles. The predicted molar refractivity (Wildman–Crippen MR) is 89.2 cm³/mol. The zero-order valence-electron chi connectivity index (χ0n) is 11.5. The molecule has 2 rings (SSSR count). The molecule has 0 unspecified atom stereocenters. The van der Waals surface area contributed by atoms with E-state index >= 15 is 0 Å². The van der Waals surface area contributed by atoms with Crippen LogP contribution in [0.15, 0.2) is 53.4 Å². The van der Waals surface area contributed by atoms with Crippen molar-refractivity contribution in [2.24, 2.45) is 5.73 Å². The van der Waals surface area contributed by atoms with Crippen LogP contribution in [0.4, 0.5) is 5.69 Å². The highest BCUT2D eigenvalue weighted by Crippen LogP contribution is 2.17. The number of hydrogen-bond donors (Lipinski definition) is 2. The minimum atomic E-state index is -3.16. The summed E-state index contributed by atoms with van der Waals surface area (Å²) in [5.41, 5.74) is 8.30. The van der Waals surface area contributed by atoms with Gasteiger partial charge >= 0.3 is 0 Å². The normalized spacial score (nSPS) is 11.1. The van der Waals surface area contributed by atoms with Gasteiger partial charge in [-0.25, -0.2) is 8.42 Å². The first-order valence-electron chi connectivity index (χ1n) is 6.29. The van der Waals surface area contributed by atoms with Gasteiger partial charge in [-0.2, -0.15) is 0 Å². The molecule has 3 N–H and O–H groups in total. The molecule has 0 bridgehead atoms. The van der Waals surface area contributed by atoms with Gasteiger partial charge in [0.25, 0.3) is 0 Å². The van der Waals surface area contributed by atoms with Gasteiger partial charge in [0.1, 0.15) is 4.99 Å². The molecule has 0 aliphatic carbocycles. The summed E-state index contributed by atoms with van der Waals surface area (Å²) in [4.78, 5) is 0.653. The van der Waals surface area contributed by atoms with Crippen LogP contribution in [0.5, 0.6) is 0 Å². The number of nitrogens with two attached hydrogens (primary N) is 1. The van der Waals surface area contributed by atoms with E-state index in [4.69, 9.17) is 18.0 Å². The van der Waals surface area contributed by atoms with E-state index in [9.17, 15) is 8.42 Å². The van der Waals surface area contributed by atoms with Gasteiger partial charge in [0, 0.05) is 24.1 Å². The van der Waals surface area contributed by atoms with Crippen LogP contribution >= 0.6 is 12.2 Å². The number of anilines is 1. The minimum Gasteiger partial charge on any atom is -0.389 e. The van der Waals surface area contributed by atoms with E-state index in [0.717, 1.165) is 16.8 Å². The first-order chi connectivity index (χ1) is 9.88. The van der Waals surface area contributed by atoms with Crippen molar-refractivity contribution in [3.05, 3.63) is 59.7 Å². The third-order valence-electron chi connectivity index (χ3n) is 3.03. The van der Waals surface area contributed by atoms with Crippen molar-refractivity contribution in [3.8, 4) is 0 Å². The zero-order chi connectivity index (χ0) is 15.5. The monoisotopic (exact) mass is 320 g/mol. The molecule has 0 aliphatic heterocycles. The molecule has 0 saturated carbocycles. The summed E-state index contributed by atoms with van der Waals surface area (Å²) in [6.45, 7) is 0.559. The number of sulfone groups is 1. The summed E-state index contributed by atoms with van der Waals surface area (Å²) in [5.74, 6) is 0. The van der Waals surface area contributed by atoms with E-state index in [1.807, 2.05) is 24.3 Å². The molecule has 4 nitrogen and oxygen atoms in total. The topological polar surface area (TPSA) is 72.2 Å². The summed E-state index contributed by atoms with van der Waals surface area (Å²) in [6, 6.07) is 14.3. The molecular formula is C15H16N2O2S2. The summed E-state index contributed by atoms with van der Waals surface area (Å²) in [7, 11) is -3.16. The van der Waals surface area contributed by atoms with Gasteiger partial charge < -0.3 is 11.1 Å². The SMILES string of the molecule is CS(=O)(=O)c1ccc(CNc2ccccc2C(N)=S)cc1. The van der Waals surface area contributed by atoms with E-state index in [-0.39, 0.29) is 0 Å². The first kappa shape index (κ1) is 15.5. The molecule has 0 spiro atoms. The van der Waals surface area contributed by atoms with Crippen LogP contribution < -0.4 is 11.1 Å². The van der Waals surface area contributed by atoms with Gasteiger partial charge in [0.15, 0.2) is 9.84 Å². The lowest BCUT2D eigenvalue weighted by Crippen LogP contribution is -2.13. The first-order valence-corrected chi connectivity index (χ1v) is 8.59. The van der Waals surface area contributed by atoms with E-state index < -0.39 is 9.84 Å². The van der Waals surface area contributed by atoms with Crippen LogP contribution in [0.25, 0.3) is 0 Å². The predicted octanol–water partition coefficient (Wildman–Crippen LogP) is 2.34. The Morgan fingerprint density at radius 3 is 2.33 bits per heavy atom. The summed E-state index contributed by atoms with van der Waals surface area (Å²) in [5, 5.41) is 3.25. The Bertz CT molecular complexity index is 753. The van der Waals surface area contributed by atoms with Crippen molar-refractivity contribution < 1.29 is 8.42 Å². The molecule has 2 aromatic carbocycles. The summed E-state index contributed by atoms with van der Waals surface area (Å²) >= 11 is 5.01. The summed E-state index contributed by atoms with van der Waals surface area (Å²) < 4.78 is 22.8. The van der Waals surface area contributed by atoms with E-state index in [2.05, 4.69) is 5.32 Å². The van der Waals surface area contributed by atoms with Crippen molar-refractivity contribution in [1.82, 2.24) is 0 Å². The van der Waals surface area contributed by atoms with Gasteiger partial charge in [0.2, 0.25) is 0 Å². The van der Waals surface area contributed by atoms with Crippen molar-refractivity contribution in [1.29, 1.82) is 0 Å². The smallest absolute Gasteiger partial charge is 0.175 e. The van der Waals surface area contributed by atoms with E-state index in [1.54, 1.807) is 24.3 Å². The minimum absolute atomic E-state index is 0.315. The second-order valence-corrected chi connectivity index (χ2v) is 7.14. The lowest BCUT2D eigenvalue weighted by Gasteiger charge is -2.11. The largest absolute Gasteiger partial charge is 0.389 e. The average molecular weight is 320 g/mol. The van der Waals surface area contributed by atoms with Crippen LogP contribution in [-0.4, -0.2) is 19.7 Å². The standard InChI is InChI=1S/C15H16N2O2S2/c1-21(18,19)12-8-6-11(7-9-12)10-17-14-5-3-2-4-13(14)15(16)20/h2-9,17H,10H2,1H3,(H2,16,20). The second-order valence-electron chi connectivity index (χ2n) is 4.68. The molecule has 0 amide bonds. The Labute approximate surface area is 129 Å². The number of hydrogen-bond acceptors (Lipinski definition) is 4. The molecule has 2 aromatic rings. The quantitative estimate of drug-likeness (QED) is 0.827. The van der Waals surface area contributed by atoms with Gasteiger partial charge in [-0.15, -0.1) is 0 Å². The van der Waals surface area contributed by atoms with Crippen LogP contribution in [-0.2, 0) is 16.4 Å². The van der Waals surface area contributed by atoms with Gasteiger partial charge in [-0.3, -0.25) is 0 Å². The molecule has 21 heavy (non-hydrogen) atoms. The Kier molecular flexibility index (Phi) is 4.59. The fraction of sp³-hybridized carbons (Fsp3) is 0.133. The van der Waals surface area contributed by atoms with Gasteiger partial charge in [-0.1, -0.05) is 36.5 Å². The number of rotatable bonds is 5. The van der Waals surface area contributed by atoms with Crippen LogP contribution in [0.2, 0.25) is 0 Å². The third kappa shape index (κ3) is 4.03. The van der Waals surface area contributed by atoms with Crippen molar-refractivity contribution >= 4 is 32.7 Å². The Morgan fingerprint density at radius 2 is 1.76 bits per heavy atom. The van der Waals surface area contributed by atoms with Crippen molar-refractivity contribution in [2.45, 2.75) is 11.4 Å². The molecule has 0 aliphatic rings. The Hall–Kier alpha value is -1.92. The van der Waals surface area contributed by atoms with Crippen molar-refractivity contribution in [3.63, 3.8) is 0 Å². The van der Waals surface area contributed by atoms with Gasteiger partial charge in [0.05, 0.1) is 4.90 Å². The van der Waals surface area contributed by atoms with E-state index in [0.29, 0.717) is 16.4 Å². The molecule has 0 aromatic heterocycles. The highest BCUT2D eigenvalue weighted by Gasteiger charge is 2.07. The summed E-state index contributed by atoms with van der Waals surface area (Å²) in [6.07, 6.45) is 1.19. The van der Waals surface area contributed by atoms with Gasteiger partial charge in [-0.05, 0) is 29.8 Å². The molecule has 0 radical (unpaired) electrons. The van der Waals surface area contributed by atoms with Crippen LogP contribution in [0.1, 0.15) is 11.1 Å².